The minimum Gasteiger partial charge on any atom is -0.346 e. The predicted molar refractivity (Wildman–Crippen MR) is 83.2 cm³/mol. The summed E-state index contributed by atoms with van der Waals surface area (Å²) >= 11 is 0. The lowest BCUT2D eigenvalue weighted by atomic mass is 9.97. The van der Waals surface area contributed by atoms with Crippen LogP contribution < -0.4 is 0 Å². The minimum atomic E-state index is 0.536. The molecule has 1 fully saturated rings. The van der Waals surface area contributed by atoms with E-state index in [1.54, 1.807) is 0 Å². The van der Waals surface area contributed by atoms with Crippen molar-refractivity contribution < 1.29 is 0 Å². The first-order chi connectivity index (χ1) is 10.2. The number of aryl methyl sites for hydroxylation is 3. The molecule has 0 radical (unpaired) electrons. The molecule has 3 heterocycles. The van der Waals surface area contributed by atoms with Gasteiger partial charge in [-0.1, -0.05) is 0 Å². The number of nitrogens with one attached hydrogen (secondary N) is 1. The quantitative estimate of drug-likeness (QED) is 0.940. The molecule has 5 nitrogen and oxygen atoms in total. The van der Waals surface area contributed by atoms with E-state index in [1.165, 1.54) is 24.9 Å². The summed E-state index contributed by atoms with van der Waals surface area (Å²) in [5.41, 5.74) is 3.67. The van der Waals surface area contributed by atoms with Crippen LogP contribution in [0.5, 0.6) is 0 Å². The molecule has 1 saturated heterocycles. The summed E-state index contributed by atoms with van der Waals surface area (Å²) in [4.78, 5) is 10.5. The lowest BCUT2D eigenvalue weighted by molar-refractivity contribution is 0.196. The Balaban J connectivity index is 1.67. The Morgan fingerprint density at radius 3 is 2.90 bits per heavy atom. The highest BCUT2D eigenvalue weighted by atomic mass is 15.3. The van der Waals surface area contributed by atoms with Crippen LogP contribution in [-0.4, -0.2) is 37.7 Å². The third-order valence-corrected chi connectivity index (χ3v) is 4.38. The van der Waals surface area contributed by atoms with Gasteiger partial charge in [-0.2, -0.15) is 5.10 Å². The third kappa shape index (κ3) is 3.18. The summed E-state index contributed by atoms with van der Waals surface area (Å²) in [5, 5.41) is 4.55. The summed E-state index contributed by atoms with van der Waals surface area (Å²) in [5.74, 6) is 1.69. The van der Waals surface area contributed by atoms with Crippen molar-refractivity contribution in [2.24, 2.45) is 0 Å². The second kappa shape index (κ2) is 6.02. The number of imidazole rings is 1. The number of piperidine rings is 1. The van der Waals surface area contributed by atoms with Gasteiger partial charge in [-0.25, -0.2) is 4.98 Å². The zero-order chi connectivity index (χ0) is 14.8. The molecule has 0 aromatic carbocycles. The molecule has 0 amide bonds. The summed E-state index contributed by atoms with van der Waals surface area (Å²) in [6, 6.07) is 0. The maximum absolute atomic E-state index is 4.55. The van der Waals surface area contributed by atoms with Crippen molar-refractivity contribution in [1.29, 1.82) is 0 Å². The molecule has 21 heavy (non-hydrogen) atoms. The van der Waals surface area contributed by atoms with Crippen molar-refractivity contribution in [3.8, 4) is 0 Å². The second-order valence-corrected chi connectivity index (χ2v) is 6.12. The average Bonchev–Trinajstić information content (AvgIpc) is 3.06. The van der Waals surface area contributed by atoms with Gasteiger partial charge in [0.25, 0.3) is 0 Å². The molecular formula is C16H25N5. The lowest BCUT2D eigenvalue weighted by Crippen LogP contribution is -2.34. The fourth-order valence-electron chi connectivity index (χ4n) is 3.18. The number of nitrogens with zero attached hydrogens (tertiary/aromatic N) is 4. The van der Waals surface area contributed by atoms with E-state index in [-0.39, 0.29) is 0 Å². The fourth-order valence-corrected chi connectivity index (χ4v) is 3.18. The van der Waals surface area contributed by atoms with Crippen molar-refractivity contribution in [1.82, 2.24) is 24.6 Å². The second-order valence-electron chi connectivity index (χ2n) is 6.12. The van der Waals surface area contributed by atoms with E-state index in [1.807, 2.05) is 10.9 Å². The summed E-state index contributed by atoms with van der Waals surface area (Å²) < 4.78 is 2.03. The molecule has 2 aromatic rings. The Labute approximate surface area is 126 Å². The van der Waals surface area contributed by atoms with Gasteiger partial charge in [0.2, 0.25) is 0 Å². The Morgan fingerprint density at radius 1 is 1.38 bits per heavy atom. The van der Waals surface area contributed by atoms with E-state index in [0.717, 1.165) is 36.8 Å². The van der Waals surface area contributed by atoms with E-state index in [9.17, 15) is 0 Å². The van der Waals surface area contributed by atoms with Crippen LogP contribution in [0.4, 0.5) is 0 Å². The number of aromatic nitrogens is 4. The third-order valence-electron chi connectivity index (χ3n) is 4.38. The number of rotatable bonds is 4. The van der Waals surface area contributed by atoms with E-state index >= 15 is 0 Å². The van der Waals surface area contributed by atoms with Crippen LogP contribution in [0.15, 0.2) is 12.4 Å². The maximum atomic E-state index is 4.55. The molecule has 0 aliphatic carbocycles. The van der Waals surface area contributed by atoms with Crippen LogP contribution in [0.2, 0.25) is 0 Å². The molecule has 0 saturated carbocycles. The topological polar surface area (TPSA) is 49.7 Å². The number of H-pyrrole nitrogens is 1. The molecule has 1 atom stereocenters. The van der Waals surface area contributed by atoms with Crippen molar-refractivity contribution in [3.05, 3.63) is 35.2 Å². The van der Waals surface area contributed by atoms with Crippen molar-refractivity contribution >= 4 is 0 Å². The first-order valence-electron chi connectivity index (χ1n) is 7.92. The van der Waals surface area contributed by atoms with Gasteiger partial charge in [0.1, 0.15) is 5.82 Å². The monoisotopic (exact) mass is 287 g/mol. The highest BCUT2D eigenvalue weighted by Crippen LogP contribution is 2.26. The van der Waals surface area contributed by atoms with E-state index in [0.29, 0.717) is 5.92 Å². The summed E-state index contributed by atoms with van der Waals surface area (Å²) in [7, 11) is 0. The molecule has 114 valence electrons. The molecule has 1 aliphatic rings. The molecular weight excluding hydrogens is 262 g/mol. The van der Waals surface area contributed by atoms with Crippen LogP contribution in [-0.2, 0) is 13.1 Å². The van der Waals surface area contributed by atoms with Gasteiger partial charge in [0.15, 0.2) is 0 Å². The molecule has 1 aliphatic heterocycles. The van der Waals surface area contributed by atoms with Gasteiger partial charge < -0.3 is 4.98 Å². The van der Waals surface area contributed by atoms with Gasteiger partial charge in [-0.3, -0.25) is 9.58 Å². The Morgan fingerprint density at radius 2 is 2.24 bits per heavy atom. The van der Waals surface area contributed by atoms with Crippen LogP contribution >= 0.6 is 0 Å². The van der Waals surface area contributed by atoms with Crippen molar-refractivity contribution in [3.63, 3.8) is 0 Å². The molecule has 0 spiro atoms. The Kier molecular flexibility index (Phi) is 4.10. The molecule has 5 heteroatoms. The van der Waals surface area contributed by atoms with E-state index in [2.05, 4.69) is 46.9 Å². The highest BCUT2D eigenvalue weighted by molar-refractivity contribution is 5.16. The number of aromatic amines is 1. The van der Waals surface area contributed by atoms with Gasteiger partial charge in [0.05, 0.1) is 5.69 Å². The van der Waals surface area contributed by atoms with E-state index < -0.39 is 0 Å². The van der Waals surface area contributed by atoms with Crippen LogP contribution in [0, 0.1) is 13.8 Å². The zero-order valence-electron chi connectivity index (χ0n) is 13.3. The van der Waals surface area contributed by atoms with Crippen LogP contribution in [0.3, 0.4) is 0 Å². The van der Waals surface area contributed by atoms with Gasteiger partial charge in [0, 0.05) is 49.2 Å². The summed E-state index contributed by atoms with van der Waals surface area (Å²) in [6.07, 6.45) is 6.60. The Bertz CT molecular complexity index is 598. The Hall–Kier alpha value is -1.62. The van der Waals surface area contributed by atoms with Gasteiger partial charge in [-0.15, -0.1) is 0 Å². The molecule has 0 bridgehead atoms. The van der Waals surface area contributed by atoms with Crippen LogP contribution in [0.1, 0.15) is 48.5 Å². The highest BCUT2D eigenvalue weighted by Gasteiger charge is 2.24. The smallest absolute Gasteiger partial charge is 0.110 e. The fraction of sp³-hybridized carbons (Fsp3) is 0.625. The van der Waals surface area contributed by atoms with E-state index in [4.69, 9.17) is 0 Å². The maximum Gasteiger partial charge on any atom is 0.110 e. The van der Waals surface area contributed by atoms with Crippen molar-refractivity contribution in [2.75, 3.05) is 13.1 Å². The standard InChI is InChI=1S/C16H25N5/c1-4-21-11-15(13(3)19-21)10-20-7-5-6-14(9-20)16-17-8-12(2)18-16/h8,11,14H,4-7,9-10H2,1-3H3,(H,17,18). The summed E-state index contributed by atoms with van der Waals surface area (Å²) in [6.45, 7) is 10.5. The SMILES string of the molecule is CCn1cc(CN2CCCC(c3ncc(C)[nH]3)C2)c(C)n1. The van der Waals surface area contributed by atoms with Gasteiger partial charge in [-0.05, 0) is 40.2 Å². The zero-order valence-corrected chi connectivity index (χ0v) is 13.3. The normalized spacial score (nSPS) is 20.0. The molecule has 2 aromatic heterocycles. The first-order valence-corrected chi connectivity index (χ1v) is 7.92. The number of likely N-dealkylation sites (tertiary alicyclic amines) is 1. The molecule has 3 rings (SSSR count). The number of hydrogen-bond donors (Lipinski definition) is 1. The minimum absolute atomic E-state index is 0.536. The number of hydrogen-bond acceptors (Lipinski definition) is 3. The van der Waals surface area contributed by atoms with Gasteiger partial charge >= 0.3 is 0 Å². The molecule has 1 unspecified atom stereocenters. The van der Waals surface area contributed by atoms with Crippen LogP contribution in [0.25, 0.3) is 0 Å². The predicted octanol–water partition coefficient (Wildman–Crippen LogP) is 2.62. The largest absolute Gasteiger partial charge is 0.346 e. The van der Waals surface area contributed by atoms with Crippen molar-refractivity contribution in [2.45, 2.75) is 52.6 Å². The first kappa shape index (κ1) is 14.3. The molecule has 1 N–H and O–H groups in total. The average molecular weight is 287 g/mol. The lowest BCUT2D eigenvalue weighted by Gasteiger charge is -2.31.